The summed E-state index contributed by atoms with van der Waals surface area (Å²) in [6.45, 7) is 5.68. The van der Waals surface area contributed by atoms with Crippen LogP contribution >= 0.6 is 0 Å². The quantitative estimate of drug-likeness (QED) is 0.563. The second-order valence-corrected chi connectivity index (χ2v) is 2.88. The summed E-state index contributed by atoms with van der Waals surface area (Å²) >= 11 is 0. The van der Waals surface area contributed by atoms with Crippen LogP contribution in [0.4, 0.5) is 0 Å². The highest BCUT2D eigenvalue weighted by Gasteiger charge is 2.25. The maximum absolute atomic E-state index is 3.30. The van der Waals surface area contributed by atoms with E-state index in [0.29, 0.717) is 0 Å². The van der Waals surface area contributed by atoms with Gasteiger partial charge < -0.3 is 0 Å². The van der Waals surface area contributed by atoms with Crippen LogP contribution in [-0.2, 0) is 0 Å². The van der Waals surface area contributed by atoms with E-state index in [1.165, 1.54) is 6.42 Å². The Kier molecular flexibility index (Phi) is 2.09. The molecular weight excluding hydrogens is 112 g/mol. The van der Waals surface area contributed by atoms with E-state index in [1.54, 1.807) is 0 Å². The van der Waals surface area contributed by atoms with Gasteiger partial charge in [-0.15, -0.1) is 0 Å². The summed E-state index contributed by atoms with van der Waals surface area (Å²) in [7, 11) is 2.11. The molecule has 0 amide bonds. The third-order valence-electron chi connectivity index (χ3n) is 2.42. The highest BCUT2D eigenvalue weighted by molar-refractivity contribution is 4.78. The van der Waals surface area contributed by atoms with Crippen molar-refractivity contribution in [1.82, 2.24) is 10.4 Å². The Balaban J connectivity index is 2.41. The summed E-state index contributed by atoms with van der Waals surface area (Å²) in [4.78, 5) is 0. The average Bonchev–Trinajstić information content (AvgIpc) is 2.15. The van der Waals surface area contributed by atoms with Gasteiger partial charge in [0.2, 0.25) is 0 Å². The van der Waals surface area contributed by atoms with Crippen LogP contribution in [0.25, 0.3) is 0 Å². The van der Waals surface area contributed by atoms with Crippen molar-refractivity contribution >= 4 is 0 Å². The molecule has 0 aliphatic carbocycles. The van der Waals surface area contributed by atoms with Crippen LogP contribution in [0.15, 0.2) is 0 Å². The van der Waals surface area contributed by atoms with Gasteiger partial charge in [0.05, 0.1) is 0 Å². The predicted octanol–water partition coefficient (Wildman–Crippen LogP) is 0.851. The molecule has 0 saturated carbocycles. The normalized spacial score (nSPS) is 37.7. The van der Waals surface area contributed by atoms with Crippen molar-refractivity contribution in [3.05, 3.63) is 0 Å². The van der Waals surface area contributed by atoms with Gasteiger partial charge in [0.15, 0.2) is 0 Å². The van der Waals surface area contributed by atoms with Crippen LogP contribution in [0.3, 0.4) is 0 Å². The van der Waals surface area contributed by atoms with E-state index in [4.69, 9.17) is 0 Å². The van der Waals surface area contributed by atoms with E-state index in [1.807, 2.05) is 0 Å². The summed E-state index contributed by atoms with van der Waals surface area (Å²) in [6, 6.07) is 0.718. The van der Waals surface area contributed by atoms with E-state index in [-0.39, 0.29) is 0 Å². The van der Waals surface area contributed by atoms with Crippen LogP contribution in [0.2, 0.25) is 0 Å². The molecule has 2 atom stereocenters. The molecule has 0 spiro atoms. The topological polar surface area (TPSA) is 15.3 Å². The van der Waals surface area contributed by atoms with Gasteiger partial charge in [0.1, 0.15) is 0 Å². The molecule has 0 aromatic carbocycles. The van der Waals surface area contributed by atoms with Gasteiger partial charge in [-0.05, 0) is 12.8 Å². The van der Waals surface area contributed by atoms with Crippen molar-refractivity contribution in [3.8, 4) is 0 Å². The summed E-state index contributed by atoms with van der Waals surface area (Å²) < 4.78 is 0. The number of nitrogens with one attached hydrogen (secondary N) is 1. The largest absolute Gasteiger partial charge is 0.255 e. The van der Waals surface area contributed by atoms with Crippen molar-refractivity contribution in [3.63, 3.8) is 0 Å². The lowest BCUT2D eigenvalue weighted by Crippen LogP contribution is -2.31. The first-order chi connectivity index (χ1) is 4.25. The molecule has 1 heterocycles. The lowest BCUT2D eigenvalue weighted by atomic mass is 10.0. The first kappa shape index (κ1) is 7.03. The zero-order valence-electron chi connectivity index (χ0n) is 6.52. The molecule has 2 unspecified atom stereocenters. The molecule has 0 bridgehead atoms. The molecule has 1 saturated heterocycles. The van der Waals surface area contributed by atoms with Crippen molar-refractivity contribution in [2.45, 2.75) is 26.3 Å². The molecule has 54 valence electrons. The zero-order chi connectivity index (χ0) is 6.85. The summed E-state index contributed by atoms with van der Waals surface area (Å²) in [5, 5.41) is 2.20. The number of hydrogen-bond acceptors (Lipinski definition) is 2. The Morgan fingerprint density at radius 2 is 2.33 bits per heavy atom. The van der Waals surface area contributed by atoms with Crippen LogP contribution < -0.4 is 5.43 Å². The van der Waals surface area contributed by atoms with Gasteiger partial charge in [-0.2, -0.15) is 0 Å². The first-order valence-corrected chi connectivity index (χ1v) is 3.72. The molecule has 0 aromatic rings. The molecule has 2 heteroatoms. The van der Waals surface area contributed by atoms with Crippen LogP contribution in [-0.4, -0.2) is 24.6 Å². The number of nitrogens with zero attached hydrogens (tertiary/aromatic N) is 1. The first-order valence-electron chi connectivity index (χ1n) is 3.72. The van der Waals surface area contributed by atoms with E-state index >= 15 is 0 Å². The highest BCUT2D eigenvalue weighted by Crippen LogP contribution is 2.16. The van der Waals surface area contributed by atoms with Gasteiger partial charge in [-0.1, -0.05) is 13.3 Å². The minimum atomic E-state index is 0.718. The monoisotopic (exact) mass is 128 g/mol. The van der Waals surface area contributed by atoms with Gasteiger partial charge in [0.25, 0.3) is 0 Å². The number of hydrogen-bond donors (Lipinski definition) is 1. The summed E-state index contributed by atoms with van der Waals surface area (Å²) in [6.07, 6.45) is 1.29. The zero-order valence-corrected chi connectivity index (χ0v) is 6.52. The van der Waals surface area contributed by atoms with Crippen LogP contribution in [0, 0.1) is 5.92 Å². The van der Waals surface area contributed by atoms with E-state index in [9.17, 15) is 0 Å². The van der Waals surface area contributed by atoms with Crippen molar-refractivity contribution in [1.29, 1.82) is 0 Å². The van der Waals surface area contributed by atoms with E-state index < -0.39 is 0 Å². The fourth-order valence-corrected chi connectivity index (χ4v) is 1.38. The molecule has 1 aliphatic rings. The van der Waals surface area contributed by atoms with Crippen molar-refractivity contribution in [2.75, 3.05) is 13.6 Å². The fourth-order valence-electron chi connectivity index (χ4n) is 1.38. The lowest BCUT2D eigenvalue weighted by Gasteiger charge is -2.17. The molecule has 1 fully saturated rings. The minimum Gasteiger partial charge on any atom is -0.255 e. The number of rotatable bonds is 1. The lowest BCUT2D eigenvalue weighted by molar-refractivity contribution is 0.232. The smallest absolute Gasteiger partial charge is 0.0252 e. The molecule has 0 radical (unpaired) electrons. The Hall–Kier alpha value is -0.0800. The second kappa shape index (κ2) is 2.67. The average molecular weight is 128 g/mol. The van der Waals surface area contributed by atoms with Crippen LogP contribution in [0.1, 0.15) is 20.3 Å². The summed E-state index contributed by atoms with van der Waals surface area (Å²) in [5.41, 5.74) is 3.30. The molecule has 1 rings (SSSR count). The third-order valence-corrected chi connectivity index (χ3v) is 2.42. The molecule has 0 aromatic heterocycles. The van der Waals surface area contributed by atoms with Gasteiger partial charge in [-0.25, -0.2) is 5.01 Å². The molecule has 9 heavy (non-hydrogen) atoms. The van der Waals surface area contributed by atoms with E-state index in [2.05, 4.69) is 31.3 Å². The van der Waals surface area contributed by atoms with Crippen molar-refractivity contribution in [2.24, 2.45) is 5.92 Å². The Morgan fingerprint density at radius 3 is 2.56 bits per heavy atom. The predicted molar refractivity (Wildman–Crippen MR) is 39.0 cm³/mol. The Labute approximate surface area is 57.2 Å². The molecular formula is C7H16N2. The Morgan fingerprint density at radius 1 is 1.67 bits per heavy atom. The maximum Gasteiger partial charge on any atom is 0.0252 e. The second-order valence-electron chi connectivity index (χ2n) is 2.88. The standard InChI is InChI=1S/C7H16N2/c1-4-7-5-8-9(3)6(7)2/h6-8H,4-5H2,1-3H3. The van der Waals surface area contributed by atoms with Gasteiger partial charge in [0, 0.05) is 19.6 Å². The third kappa shape index (κ3) is 1.25. The van der Waals surface area contributed by atoms with E-state index in [0.717, 1.165) is 18.5 Å². The number of hydrazine groups is 1. The van der Waals surface area contributed by atoms with Gasteiger partial charge in [-0.3, -0.25) is 5.43 Å². The molecule has 1 aliphatic heterocycles. The molecule has 1 N–H and O–H groups in total. The SMILES string of the molecule is CCC1CNN(C)C1C. The summed E-state index contributed by atoms with van der Waals surface area (Å²) in [5.74, 6) is 0.856. The van der Waals surface area contributed by atoms with Crippen LogP contribution in [0.5, 0.6) is 0 Å². The fraction of sp³-hybridized carbons (Fsp3) is 1.00. The minimum absolute atomic E-state index is 0.718. The van der Waals surface area contributed by atoms with Crippen molar-refractivity contribution < 1.29 is 0 Å². The maximum atomic E-state index is 3.30. The highest BCUT2D eigenvalue weighted by atomic mass is 15.5. The van der Waals surface area contributed by atoms with Gasteiger partial charge >= 0.3 is 0 Å². The molecule has 2 nitrogen and oxygen atoms in total. The Bertz CT molecular complexity index is 92.9.